The highest BCUT2D eigenvalue weighted by molar-refractivity contribution is 7.61. The van der Waals surface area contributed by atoms with Gasteiger partial charge in [0, 0.05) is 34.9 Å². The molecule has 5 aromatic rings. The van der Waals surface area contributed by atoms with E-state index >= 15 is 0 Å². The summed E-state index contributed by atoms with van der Waals surface area (Å²) < 4.78 is 10.2. The molecule has 9 heteroatoms. The lowest BCUT2D eigenvalue weighted by molar-refractivity contribution is 0.472. The van der Waals surface area contributed by atoms with E-state index in [4.69, 9.17) is 5.73 Å². The Labute approximate surface area is 208 Å². The van der Waals surface area contributed by atoms with Crippen LogP contribution < -0.4 is 11.3 Å². The van der Waals surface area contributed by atoms with Crippen LogP contribution in [0.2, 0.25) is 0 Å². The third kappa shape index (κ3) is 5.46. The van der Waals surface area contributed by atoms with E-state index in [9.17, 15) is 14.5 Å². The average Bonchev–Trinajstić information content (AvgIpc) is 3.38. The van der Waals surface area contributed by atoms with Gasteiger partial charge in [-0.3, -0.25) is 9.78 Å². The number of nitrogens with one attached hydrogen (secondary N) is 2. The predicted octanol–water partition coefficient (Wildman–Crippen LogP) is 4.51. The zero-order chi connectivity index (χ0) is 25.9. The number of nitrogens with two attached hydrogens (primary N) is 1. The van der Waals surface area contributed by atoms with Crippen molar-refractivity contribution in [3.8, 4) is 16.9 Å². The topological polar surface area (TPSA) is 138 Å². The molecule has 0 aliphatic rings. The quantitative estimate of drug-likeness (QED) is 0.267. The van der Waals surface area contributed by atoms with Gasteiger partial charge < -0.3 is 25.4 Å². The largest absolute Gasteiger partial charge is 0.508 e. The van der Waals surface area contributed by atoms with Gasteiger partial charge in [-0.05, 0) is 67.0 Å². The van der Waals surface area contributed by atoms with Gasteiger partial charge in [0.2, 0.25) is 5.56 Å². The Hall–Kier alpha value is -4.00. The Morgan fingerprint density at radius 2 is 1.69 bits per heavy atom. The zero-order valence-corrected chi connectivity index (χ0v) is 21.2. The van der Waals surface area contributed by atoms with Crippen molar-refractivity contribution in [2.45, 2.75) is 5.54 Å². The molecule has 0 aliphatic heterocycles. The van der Waals surface area contributed by atoms with E-state index in [1.807, 2.05) is 36.4 Å². The summed E-state index contributed by atoms with van der Waals surface area (Å²) in [7, 11) is -1.64. The van der Waals surface area contributed by atoms with Crippen molar-refractivity contribution < 1.29 is 9.67 Å². The average molecular weight is 502 g/mol. The van der Waals surface area contributed by atoms with Gasteiger partial charge in [-0.1, -0.05) is 24.3 Å². The number of hydrogen-bond donors (Lipinski definition) is 4. The van der Waals surface area contributed by atoms with E-state index in [0.29, 0.717) is 16.8 Å². The summed E-state index contributed by atoms with van der Waals surface area (Å²) in [5.41, 5.74) is 10.1. The number of hydrogen-bond acceptors (Lipinski definition) is 6. The molecule has 5 rings (SSSR count). The monoisotopic (exact) mass is 501 g/mol. The third-order valence-electron chi connectivity index (χ3n) is 5.50. The minimum Gasteiger partial charge on any atom is -0.508 e. The number of phenols is 1. The standard InChI is InChI=1S/C24H19N5O2.C3H9OP/c25-24(22-13-27-14-28-22,16-4-1-5-18(30)9-16)17-6-7-21-20(10-17)19(11-23(31)29-21)15-3-2-8-26-12-15;1-5(2,3)4/h1-14,30H,25H2,(H,27,28)(H,29,31);1-3H3. The summed E-state index contributed by atoms with van der Waals surface area (Å²) in [4.78, 5) is 26.6. The molecule has 0 amide bonds. The van der Waals surface area contributed by atoms with Crippen molar-refractivity contribution in [1.82, 2.24) is 19.9 Å². The molecule has 8 nitrogen and oxygen atoms in total. The van der Waals surface area contributed by atoms with Crippen LogP contribution in [-0.4, -0.2) is 45.0 Å². The van der Waals surface area contributed by atoms with Crippen molar-refractivity contribution in [2.24, 2.45) is 5.73 Å². The highest BCUT2D eigenvalue weighted by Gasteiger charge is 2.34. The number of aromatic hydroxyl groups is 1. The van der Waals surface area contributed by atoms with E-state index in [1.54, 1.807) is 69.2 Å². The molecule has 0 bridgehead atoms. The number of fused-ring (bicyclic) bond motifs is 1. The number of H-pyrrole nitrogens is 2. The summed E-state index contributed by atoms with van der Waals surface area (Å²) >= 11 is 0. The van der Waals surface area contributed by atoms with Crippen LogP contribution in [-0.2, 0) is 10.1 Å². The first-order chi connectivity index (χ1) is 17.1. The zero-order valence-electron chi connectivity index (χ0n) is 20.3. The maximum atomic E-state index is 12.3. The van der Waals surface area contributed by atoms with E-state index < -0.39 is 12.7 Å². The van der Waals surface area contributed by atoms with Crippen molar-refractivity contribution in [3.05, 3.63) is 113 Å². The summed E-state index contributed by atoms with van der Waals surface area (Å²) in [5, 5.41) is 10.9. The molecule has 36 heavy (non-hydrogen) atoms. The minimum absolute atomic E-state index is 0.119. The lowest BCUT2D eigenvalue weighted by atomic mass is 9.80. The van der Waals surface area contributed by atoms with Gasteiger partial charge in [0.25, 0.3) is 0 Å². The molecule has 5 N–H and O–H groups in total. The lowest BCUT2D eigenvalue weighted by Crippen LogP contribution is -2.39. The Balaban J connectivity index is 0.000000556. The Morgan fingerprint density at radius 1 is 0.944 bits per heavy atom. The second-order valence-corrected chi connectivity index (χ2v) is 13.0. The summed E-state index contributed by atoms with van der Waals surface area (Å²) in [5.74, 6) is 0.119. The number of imidazole rings is 1. The van der Waals surface area contributed by atoms with Crippen LogP contribution in [0.1, 0.15) is 16.8 Å². The fraction of sp³-hybridized carbons (Fsp3) is 0.148. The summed E-state index contributed by atoms with van der Waals surface area (Å²) in [6.07, 6.45) is 6.65. The first-order valence-electron chi connectivity index (χ1n) is 11.2. The van der Waals surface area contributed by atoms with Gasteiger partial charge >= 0.3 is 0 Å². The van der Waals surface area contributed by atoms with Gasteiger partial charge in [0.05, 0.1) is 25.4 Å². The van der Waals surface area contributed by atoms with Gasteiger partial charge in [-0.15, -0.1) is 0 Å². The molecule has 1 atom stereocenters. The number of benzene rings is 2. The van der Waals surface area contributed by atoms with Crippen molar-refractivity contribution in [3.63, 3.8) is 0 Å². The molecular formula is C27H28N5O3P. The molecule has 0 spiro atoms. The molecule has 0 saturated carbocycles. The number of nitrogens with zero attached hydrogens (tertiary/aromatic N) is 2. The molecular weight excluding hydrogens is 473 g/mol. The van der Waals surface area contributed by atoms with E-state index in [1.165, 1.54) is 0 Å². The second-order valence-electron chi connectivity index (χ2n) is 9.26. The number of aromatic nitrogens is 4. The fourth-order valence-electron chi connectivity index (χ4n) is 3.96. The molecule has 3 aromatic heterocycles. The SMILES string of the molecule is CP(C)(C)=O.NC(c1cccc(O)c1)(c1ccc2[nH]c(=O)cc(-c3cccnc3)c2c1)c1cnc[nH]1. The van der Waals surface area contributed by atoms with Crippen molar-refractivity contribution >= 4 is 18.0 Å². The minimum atomic E-state index is -1.64. The first kappa shape index (κ1) is 25.1. The van der Waals surface area contributed by atoms with Crippen LogP contribution in [0.4, 0.5) is 0 Å². The summed E-state index contributed by atoms with van der Waals surface area (Å²) in [6.45, 7) is 5.23. The molecule has 3 heterocycles. The Kier molecular flexibility index (Phi) is 6.93. The highest BCUT2D eigenvalue weighted by atomic mass is 31.2. The number of rotatable bonds is 4. The number of aromatic amines is 2. The molecule has 0 aliphatic carbocycles. The molecule has 0 saturated heterocycles. The van der Waals surface area contributed by atoms with Crippen LogP contribution in [0.15, 0.2) is 90.4 Å². The first-order valence-corrected chi connectivity index (χ1v) is 14.3. The number of phenolic OH excluding ortho intramolecular Hbond substituents is 1. The fourth-order valence-corrected chi connectivity index (χ4v) is 3.96. The van der Waals surface area contributed by atoms with Crippen LogP contribution in [0.5, 0.6) is 5.75 Å². The van der Waals surface area contributed by atoms with Gasteiger partial charge in [0.1, 0.15) is 11.3 Å². The van der Waals surface area contributed by atoms with Crippen LogP contribution in [0.3, 0.4) is 0 Å². The summed E-state index contributed by atoms with van der Waals surface area (Å²) in [6, 6.07) is 17.8. The molecule has 184 valence electrons. The normalized spacial score (nSPS) is 13.0. The second kappa shape index (κ2) is 9.93. The predicted molar refractivity (Wildman–Crippen MR) is 144 cm³/mol. The smallest absolute Gasteiger partial charge is 0.249 e. The van der Waals surface area contributed by atoms with Crippen molar-refractivity contribution in [1.29, 1.82) is 0 Å². The van der Waals surface area contributed by atoms with E-state index in [0.717, 1.165) is 22.1 Å². The highest BCUT2D eigenvalue weighted by Crippen LogP contribution is 2.37. The molecule has 0 fully saturated rings. The van der Waals surface area contributed by atoms with Gasteiger partial charge in [-0.2, -0.15) is 0 Å². The third-order valence-corrected chi connectivity index (χ3v) is 5.50. The number of pyridine rings is 2. The van der Waals surface area contributed by atoms with Gasteiger partial charge in [0.15, 0.2) is 0 Å². The molecule has 1 unspecified atom stereocenters. The van der Waals surface area contributed by atoms with Crippen LogP contribution >= 0.6 is 7.14 Å². The Bertz CT molecular complexity index is 1590. The van der Waals surface area contributed by atoms with Crippen LogP contribution in [0, 0.1) is 0 Å². The van der Waals surface area contributed by atoms with Crippen LogP contribution in [0.25, 0.3) is 22.0 Å². The van der Waals surface area contributed by atoms with E-state index in [-0.39, 0.29) is 11.3 Å². The maximum absolute atomic E-state index is 12.3. The Morgan fingerprint density at radius 3 is 2.33 bits per heavy atom. The van der Waals surface area contributed by atoms with Gasteiger partial charge in [-0.25, -0.2) is 4.98 Å². The molecule has 0 radical (unpaired) electrons. The molecule has 2 aromatic carbocycles. The van der Waals surface area contributed by atoms with Crippen molar-refractivity contribution in [2.75, 3.05) is 20.0 Å². The maximum Gasteiger partial charge on any atom is 0.249 e. The lowest BCUT2D eigenvalue weighted by Gasteiger charge is -2.30. The van der Waals surface area contributed by atoms with E-state index in [2.05, 4.69) is 19.9 Å².